The average Bonchev–Trinajstić information content (AvgIpc) is 2.78. The molecule has 1 aliphatic rings. The number of methoxy groups -OCH3 is 1. The Bertz CT molecular complexity index is 422. The van der Waals surface area contributed by atoms with E-state index in [0.29, 0.717) is 6.42 Å². The lowest BCUT2D eigenvalue weighted by molar-refractivity contribution is -0.141. The molecule has 84 valence electrons. The molecule has 0 radical (unpaired) electrons. The van der Waals surface area contributed by atoms with E-state index in [1.807, 2.05) is 0 Å². The maximum absolute atomic E-state index is 11.3. The van der Waals surface area contributed by atoms with Crippen molar-refractivity contribution in [2.45, 2.75) is 18.9 Å². The summed E-state index contributed by atoms with van der Waals surface area (Å²) in [5, 5.41) is 9.16. The van der Waals surface area contributed by atoms with Gasteiger partial charge in [-0.05, 0) is 42.7 Å². The molecule has 0 spiro atoms. The third-order valence-electron chi connectivity index (χ3n) is 2.64. The van der Waals surface area contributed by atoms with Crippen LogP contribution in [0.2, 0.25) is 0 Å². The normalized spacial score (nSPS) is 19.3. The zero-order valence-electron chi connectivity index (χ0n) is 9.01. The maximum Gasteiger partial charge on any atom is 0.330 e. The third-order valence-corrected chi connectivity index (χ3v) is 2.64. The van der Waals surface area contributed by atoms with Crippen molar-refractivity contribution in [2.75, 3.05) is 7.11 Å². The van der Waals surface area contributed by atoms with Gasteiger partial charge in [0.1, 0.15) is 11.8 Å². The van der Waals surface area contributed by atoms with Gasteiger partial charge in [0, 0.05) is 5.71 Å². The van der Waals surface area contributed by atoms with Crippen molar-refractivity contribution in [1.82, 2.24) is 0 Å². The van der Waals surface area contributed by atoms with Gasteiger partial charge >= 0.3 is 5.97 Å². The van der Waals surface area contributed by atoms with Crippen LogP contribution in [0.15, 0.2) is 29.3 Å². The second-order valence-corrected chi connectivity index (χ2v) is 3.70. The Balaban J connectivity index is 2.17. The molecule has 0 amide bonds. The van der Waals surface area contributed by atoms with Crippen LogP contribution in [-0.2, 0) is 9.53 Å². The van der Waals surface area contributed by atoms with E-state index >= 15 is 0 Å². The molecule has 1 aromatic rings. The van der Waals surface area contributed by atoms with Crippen molar-refractivity contribution in [3.8, 4) is 5.75 Å². The molecule has 0 saturated heterocycles. The lowest BCUT2D eigenvalue weighted by Gasteiger charge is -2.02. The molecule has 1 heterocycles. The molecule has 0 saturated carbocycles. The highest BCUT2D eigenvalue weighted by atomic mass is 16.5. The summed E-state index contributed by atoms with van der Waals surface area (Å²) in [5.74, 6) is -0.0550. The van der Waals surface area contributed by atoms with E-state index in [0.717, 1.165) is 17.7 Å². The van der Waals surface area contributed by atoms with Crippen molar-refractivity contribution < 1.29 is 14.6 Å². The fraction of sp³-hybridized carbons (Fsp3) is 0.333. The Kier molecular flexibility index (Phi) is 2.90. The number of benzene rings is 1. The minimum Gasteiger partial charge on any atom is -0.508 e. The van der Waals surface area contributed by atoms with Crippen LogP contribution < -0.4 is 0 Å². The van der Waals surface area contributed by atoms with Crippen molar-refractivity contribution in [3.63, 3.8) is 0 Å². The van der Waals surface area contributed by atoms with Gasteiger partial charge in [0.25, 0.3) is 0 Å². The predicted molar refractivity (Wildman–Crippen MR) is 59.7 cm³/mol. The van der Waals surface area contributed by atoms with Crippen molar-refractivity contribution in [1.29, 1.82) is 0 Å². The number of rotatable bonds is 2. The summed E-state index contributed by atoms with van der Waals surface area (Å²) in [6.45, 7) is 0. The Morgan fingerprint density at radius 2 is 2.12 bits per heavy atom. The molecule has 1 atom stereocenters. The number of nitrogens with zero attached hydrogens (tertiary/aromatic N) is 1. The van der Waals surface area contributed by atoms with E-state index in [1.54, 1.807) is 24.3 Å². The second kappa shape index (κ2) is 4.35. The molecule has 2 rings (SSSR count). The summed E-state index contributed by atoms with van der Waals surface area (Å²) in [6, 6.07) is 6.46. The molecule has 1 N–H and O–H groups in total. The lowest BCUT2D eigenvalue weighted by atomic mass is 10.1. The molecule has 0 fully saturated rings. The van der Waals surface area contributed by atoms with Crippen LogP contribution in [0.3, 0.4) is 0 Å². The minimum atomic E-state index is -0.367. The number of carbonyl (C=O) groups excluding carboxylic acids is 1. The van der Waals surface area contributed by atoms with Crippen molar-refractivity contribution in [2.24, 2.45) is 4.99 Å². The summed E-state index contributed by atoms with van der Waals surface area (Å²) in [4.78, 5) is 15.6. The zero-order chi connectivity index (χ0) is 11.5. The first-order chi connectivity index (χ1) is 7.70. The quantitative estimate of drug-likeness (QED) is 0.767. The van der Waals surface area contributed by atoms with E-state index in [9.17, 15) is 4.79 Å². The maximum atomic E-state index is 11.3. The van der Waals surface area contributed by atoms with Gasteiger partial charge in [-0.1, -0.05) is 0 Å². The van der Waals surface area contributed by atoms with Gasteiger partial charge < -0.3 is 9.84 Å². The average molecular weight is 219 g/mol. The van der Waals surface area contributed by atoms with E-state index in [1.165, 1.54) is 7.11 Å². The number of carbonyl (C=O) groups is 1. The highest BCUT2D eigenvalue weighted by molar-refractivity contribution is 6.03. The fourth-order valence-electron chi connectivity index (χ4n) is 1.77. The SMILES string of the molecule is COC(=O)[C@@H]1CCC(c2ccc(O)cc2)=N1. The van der Waals surface area contributed by atoms with Crippen LogP contribution in [0.25, 0.3) is 0 Å². The van der Waals surface area contributed by atoms with E-state index in [-0.39, 0.29) is 17.8 Å². The number of hydrogen-bond acceptors (Lipinski definition) is 4. The molecular weight excluding hydrogens is 206 g/mol. The predicted octanol–water partition coefficient (Wildman–Crippen LogP) is 1.52. The molecule has 0 unspecified atom stereocenters. The summed E-state index contributed by atoms with van der Waals surface area (Å²) in [6.07, 6.45) is 1.47. The standard InChI is InChI=1S/C12H13NO3/c1-16-12(15)11-7-6-10(13-11)8-2-4-9(14)5-3-8/h2-5,11,14H,6-7H2,1H3/t11-/m0/s1. The number of phenols is 1. The van der Waals surface area contributed by atoms with E-state index in [4.69, 9.17) is 5.11 Å². The molecular formula is C12H13NO3. The van der Waals surface area contributed by atoms with Crippen LogP contribution in [0.5, 0.6) is 5.75 Å². The molecule has 1 aliphatic heterocycles. The van der Waals surface area contributed by atoms with Gasteiger partial charge in [0.15, 0.2) is 0 Å². The Hall–Kier alpha value is -1.84. The van der Waals surface area contributed by atoms with Crippen LogP contribution in [0.4, 0.5) is 0 Å². The Labute approximate surface area is 93.6 Å². The monoisotopic (exact) mass is 219 g/mol. The number of hydrogen-bond donors (Lipinski definition) is 1. The number of ether oxygens (including phenoxy) is 1. The molecule has 0 aliphatic carbocycles. The topological polar surface area (TPSA) is 58.9 Å². The zero-order valence-corrected chi connectivity index (χ0v) is 9.01. The first-order valence-electron chi connectivity index (χ1n) is 5.14. The number of esters is 1. The first-order valence-corrected chi connectivity index (χ1v) is 5.14. The van der Waals surface area contributed by atoms with Crippen molar-refractivity contribution in [3.05, 3.63) is 29.8 Å². The van der Waals surface area contributed by atoms with E-state index in [2.05, 4.69) is 9.73 Å². The number of aliphatic imine (C=N–C) groups is 1. The molecule has 4 heteroatoms. The van der Waals surface area contributed by atoms with Gasteiger partial charge in [-0.3, -0.25) is 4.99 Å². The Morgan fingerprint density at radius 1 is 1.44 bits per heavy atom. The number of aromatic hydroxyl groups is 1. The largest absolute Gasteiger partial charge is 0.508 e. The highest BCUT2D eigenvalue weighted by Gasteiger charge is 2.25. The molecule has 0 bridgehead atoms. The van der Waals surface area contributed by atoms with Gasteiger partial charge in [-0.25, -0.2) is 4.79 Å². The van der Waals surface area contributed by atoms with Crippen LogP contribution in [0, 0.1) is 0 Å². The molecule has 0 aromatic heterocycles. The molecule has 1 aromatic carbocycles. The fourth-order valence-corrected chi connectivity index (χ4v) is 1.77. The Morgan fingerprint density at radius 3 is 2.75 bits per heavy atom. The van der Waals surface area contributed by atoms with Crippen LogP contribution >= 0.6 is 0 Å². The minimum absolute atomic E-state index is 0.229. The van der Waals surface area contributed by atoms with Crippen molar-refractivity contribution >= 4 is 11.7 Å². The first kappa shape index (κ1) is 10.7. The molecule has 16 heavy (non-hydrogen) atoms. The lowest BCUT2D eigenvalue weighted by Crippen LogP contribution is -2.16. The van der Waals surface area contributed by atoms with Gasteiger partial charge in [0.2, 0.25) is 0 Å². The second-order valence-electron chi connectivity index (χ2n) is 3.70. The molecule has 4 nitrogen and oxygen atoms in total. The van der Waals surface area contributed by atoms with Gasteiger partial charge in [-0.15, -0.1) is 0 Å². The van der Waals surface area contributed by atoms with Gasteiger partial charge in [-0.2, -0.15) is 0 Å². The van der Waals surface area contributed by atoms with E-state index < -0.39 is 0 Å². The smallest absolute Gasteiger partial charge is 0.330 e. The summed E-state index contributed by atoms with van der Waals surface area (Å²) >= 11 is 0. The van der Waals surface area contributed by atoms with Crippen LogP contribution in [-0.4, -0.2) is 29.9 Å². The summed E-state index contributed by atoms with van der Waals surface area (Å²) in [7, 11) is 1.37. The summed E-state index contributed by atoms with van der Waals surface area (Å²) < 4.78 is 4.65. The number of phenolic OH excluding ortho intramolecular Hbond substituents is 1. The van der Waals surface area contributed by atoms with Gasteiger partial charge in [0.05, 0.1) is 7.11 Å². The summed E-state index contributed by atoms with van der Waals surface area (Å²) in [5.41, 5.74) is 1.85. The van der Waals surface area contributed by atoms with Crippen LogP contribution in [0.1, 0.15) is 18.4 Å². The highest BCUT2D eigenvalue weighted by Crippen LogP contribution is 2.20. The third kappa shape index (κ3) is 2.05.